The van der Waals surface area contributed by atoms with Crippen LogP contribution in [-0.4, -0.2) is 14.7 Å². The predicted octanol–water partition coefficient (Wildman–Crippen LogP) is 1.54. The van der Waals surface area contributed by atoms with E-state index < -0.39 is 6.10 Å². The van der Waals surface area contributed by atoms with Crippen molar-refractivity contribution in [2.75, 3.05) is 0 Å². The minimum atomic E-state index is -0.493. The van der Waals surface area contributed by atoms with Gasteiger partial charge in [0, 0.05) is 12.7 Å². The maximum Gasteiger partial charge on any atom is 0.177 e. The molecule has 1 aromatic heterocycles. The molecule has 0 aliphatic rings. The molecule has 0 aliphatic heterocycles. The van der Waals surface area contributed by atoms with Crippen LogP contribution in [0.5, 0.6) is 0 Å². The van der Waals surface area contributed by atoms with E-state index in [1.807, 2.05) is 18.5 Å². The highest BCUT2D eigenvalue weighted by molar-refractivity contribution is 9.10. The first-order chi connectivity index (χ1) is 5.04. The highest BCUT2D eigenvalue weighted by Gasteiger charge is 2.12. The van der Waals surface area contributed by atoms with Crippen molar-refractivity contribution in [2.24, 2.45) is 7.05 Å². The Morgan fingerprint density at radius 3 is 2.36 bits per heavy atom. The number of hydrogen-bond acceptors (Lipinski definition) is 2. The lowest BCUT2D eigenvalue weighted by molar-refractivity contribution is 0.194. The number of rotatable bonds is 1. The van der Waals surface area contributed by atoms with Gasteiger partial charge in [0.15, 0.2) is 4.73 Å². The quantitative estimate of drug-likeness (QED) is 0.777. The molecule has 11 heavy (non-hydrogen) atoms. The van der Waals surface area contributed by atoms with Crippen LogP contribution in [0.1, 0.15) is 24.4 Å². The first kappa shape index (κ1) is 8.74. The highest BCUT2D eigenvalue weighted by Crippen LogP contribution is 2.19. The number of aliphatic hydroxyl groups excluding tert-OH is 1. The number of aromatic nitrogens is 2. The monoisotopic (exact) mass is 218 g/mol. The van der Waals surface area contributed by atoms with Crippen molar-refractivity contribution in [3.63, 3.8) is 0 Å². The molecule has 0 aromatic carbocycles. The summed E-state index contributed by atoms with van der Waals surface area (Å²) >= 11 is 3.28. The van der Waals surface area contributed by atoms with Gasteiger partial charge in [-0.3, -0.25) is 0 Å². The van der Waals surface area contributed by atoms with E-state index in [0.717, 1.165) is 16.1 Å². The Kier molecular flexibility index (Phi) is 2.34. The van der Waals surface area contributed by atoms with E-state index in [-0.39, 0.29) is 0 Å². The lowest BCUT2D eigenvalue weighted by Gasteiger charge is -2.01. The van der Waals surface area contributed by atoms with Gasteiger partial charge in [-0.25, -0.2) is 4.98 Å². The van der Waals surface area contributed by atoms with Crippen LogP contribution in [0.4, 0.5) is 0 Å². The van der Waals surface area contributed by atoms with Crippen LogP contribution >= 0.6 is 15.9 Å². The van der Waals surface area contributed by atoms with Gasteiger partial charge in [0.05, 0.1) is 11.8 Å². The van der Waals surface area contributed by atoms with Gasteiger partial charge in [-0.15, -0.1) is 0 Å². The molecule has 0 radical (unpaired) electrons. The zero-order valence-electron chi connectivity index (χ0n) is 6.80. The Balaban J connectivity index is 3.19. The molecule has 0 fully saturated rings. The van der Waals surface area contributed by atoms with Gasteiger partial charge in [-0.2, -0.15) is 0 Å². The van der Waals surface area contributed by atoms with E-state index in [1.54, 1.807) is 6.92 Å². The summed E-state index contributed by atoms with van der Waals surface area (Å²) in [6.45, 7) is 3.64. The van der Waals surface area contributed by atoms with Crippen LogP contribution < -0.4 is 0 Å². The van der Waals surface area contributed by atoms with Gasteiger partial charge < -0.3 is 9.67 Å². The Labute approximate surface area is 74.2 Å². The van der Waals surface area contributed by atoms with E-state index in [4.69, 9.17) is 0 Å². The predicted molar refractivity (Wildman–Crippen MR) is 46.3 cm³/mol. The first-order valence-corrected chi connectivity index (χ1v) is 4.20. The lowest BCUT2D eigenvalue weighted by Crippen LogP contribution is -1.96. The third kappa shape index (κ3) is 1.46. The molecule has 3 nitrogen and oxygen atoms in total. The molecule has 1 rings (SSSR count). The second-order valence-corrected chi connectivity index (χ2v) is 3.30. The molecule has 0 saturated heterocycles. The average Bonchev–Trinajstić information content (AvgIpc) is 2.17. The van der Waals surface area contributed by atoms with E-state index >= 15 is 0 Å². The molecule has 0 bridgehead atoms. The number of imidazole rings is 1. The molecule has 1 N–H and O–H groups in total. The summed E-state index contributed by atoms with van der Waals surface area (Å²) in [5, 5.41) is 9.25. The van der Waals surface area contributed by atoms with Crippen LogP contribution in [-0.2, 0) is 7.05 Å². The molecule has 1 atom stereocenters. The first-order valence-electron chi connectivity index (χ1n) is 3.40. The molecule has 62 valence electrons. The normalized spacial score (nSPS) is 13.5. The maximum absolute atomic E-state index is 9.25. The zero-order valence-corrected chi connectivity index (χ0v) is 8.38. The molecule has 0 saturated carbocycles. The third-order valence-electron chi connectivity index (χ3n) is 1.76. The van der Waals surface area contributed by atoms with Crippen LogP contribution in [0.2, 0.25) is 0 Å². The topological polar surface area (TPSA) is 38.1 Å². The molecule has 1 aromatic rings. The minimum absolute atomic E-state index is 0.493. The second-order valence-electron chi connectivity index (χ2n) is 2.59. The number of hydrogen-bond donors (Lipinski definition) is 1. The van der Waals surface area contributed by atoms with Gasteiger partial charge in [-0.1, -0.05) is 0 Å². The fourth-order valence-electron chi connectivity index (χ4n) is 0.961. The third-order valence-corrected chi connectivity index (χ3v) is 2.47. The summed E-state index contributed by atoms with van der Waals surface area (Å²) in [4.78, 5) is 4.14. The van der Waals surface area contributed by atoms with Gasteiger partial charge in [-0.05, 0) is 29.8 Å². The average molecular weight is 219 g/mol. The van der Waals surface area contributed by atoms with Crippen molar-refractivity contribution in [3.8, 4) is 0 Å². The summed E-state index contributed by atoms with van der Waals surface area (Å²) in [7, 11) is 1.90. The lowest BCUT2D eigenvalue weighted by atomic mass is 10.2. The Morgan fingerprint density at radius 2 is 2.18 bits per heavy atom. The highest BCUT2D eigenvalue weighted by atomic mass is 79.9. The van der Waals surface area contributed by atoms with Crippen molar-refractivity contribution in [3.05, 3.63) is 16.1 Å². The molecule has 0 amide bonds. The summed E-state index contributed by atoms with van der Waals surface area (Å²) in [5.41, 5.74) is 1.73. The summed E-state index contributed by atoms with van der Waals surface area (Å²) in [5.74, 6) is 0. The van der Waals surface area contributed by atoms with Crippen LogP contribution in [0, 0.1) is 6.92 Å². The molecular formula is C7H11BrN2O. The summed E-state index contributed by atoms with van der Waals surface area (Å²) in [6, 6.07) is 0. The van der Waals surface area contributed by atoms with Crippen molar-refractivity contribution in [1.82, 2.24) is 9.55 Å². The number of aliphatic hydroxyl groups is 1. The van der Waals surface area contributed by atoms with Gasteiger partial charge in [0.1, 0.15) is 0 Å². The second kappa shape index (κ2) is 2.95. The zero-order chi connectivity index (χ0) is 8.59. The van der Waals surface area contributed by atoms with Gasteiger partial charge in [0.2, 0.25) is 0 Å². The van der Waals surface area contributed by atoms with Crippen molar-refractivity contribution < 1.29 is 5.11 Å². The largest absolute Gasteiger partial charge is 0.387 e. The molecule has 1 heterocycles. The molecule has 4 heteroatoms. The van der Waals surface area contributed by atoms with Crippen molar-refractivity contribution in [2.45, 2.75) is 20.0 Å². The summed E-state index contributed by atoms with van der Waals surface area (Å²) < 4.78 is 2.65. The SMILES string of the molecule is Cc1c(C(C)O)nc(Br)n1C. The molecule has 1 unspecified atom stereocenters. The minimum Gasteiger partial charge on any atom is -0.387 e. The molecule has 0 aliphatic carbocycles. The standard InChI is InChI=1S/C7H11BrN2O/c1-4-6(5(2)11)9-7(8)10(4)3/h5,11H,1-3H3. The Hall–Kier alpha value is -0.350. The molecular weight excluding hydrogens is 208 g/mol. The molecule has 0 spiro atoms. The van der Waals surface area contributed by atoms with Crippen molar-refractivity contribution >= 4 is 15.9 Å². The van der Waals surface area contributed by atoms with Crippen LogP contribution in [0.15, 0.2) is 4.73 Å². The Bertz CT molecular complexity index is 268. The smallest absolute Gasteiger partial charge is 0.177 e. The van der Waals surface area contributed by atoms with E-state index in [0.29, 0.717) is 0 Å². The number of nitrogens with zero attached hydrogens (tertiary/aromatic N) is 2. The fourth-order valence-corrected chi connectivity index (χ4v) is 1.42. The van der Waals surface area contributed by atoms with Crippen LogP contribution in [0.25, 0.3) is 0 Å². The Morgan fingerprint density at radius 1 is 1.64 bits per heavy atom. The summed E-state index contributed by atoms with van der Waals surface area (Å²) in [6.07, 6.45) is -0.493. The maximum atomic E-state index is 9.25. The van der Waals surface area contributed by atoms with Crippen molar-refractivity contribution in [1.29, 1.82) is 0 Å². The van der Waals surface area contributed by atoms with E-state index in [9.17, 15) is 5.11 Å². The van der Waals surface area contributed by atoms with Gasteiger partial charge in [0.25, 0.3) is 0 Å². The van der Waals surface area contributed by atoms with Gasteiger partial charge >= 0.3 is 0 Å². The van der Waals surface area contributed by atoms with E-state index in [2.05, 4.69) is 20.9 Å². The fraction of sp³-hybridized carbons (Fsp3) is 0.571. The van der Waals surface area contributed by atoms with Crippen LogP contribution in [0.3, 0.4) is 0 Å². The number of halogens is 1. The van der Waals surface area contributed by atoms with E-state index in [1.165, 1.54) is 0 Å².